The molecule has 7 rings (SSSR count). The molecule has 0 aliphatic heterocycles. The van der Waals surface area contributed by atoms with Gasteiger partial charge in [-0.05, 0) is 121 Å². The lowest BCUT2D eigenvalue weighted by Crippen LogP contribution is -2.27. The van der Waals surface area contributed by atoms with Gasteiger partial charge in [0, 0.05) is 5.41 Å². The number of benzene rings is 4. The van der Waals surface area contributed by atoms with Gasteiger partial charge in [0.15, 0.2) is 0 Å². The second-order valence-electron chi connectivity index (χ2n) is 11.4. The molecule has 35 heavy (non-hydrogen) atoms. The van der Waals surface area contributed by atoms with E-state index < -0.39 is 0 Å². The van der Waals surface area contributed by atoms with E-state index in [0.717, 1.165) is 12.8 Å². The summed E-state index contributed by atoms with van der Waals surface area (Å²) in [5.41, 5.74) is 18.2. The van der Waals surface area contributed by atoms with E-state index in [4.69, 9.17) is 0 Å². The highest BCUT2D eigenvalue weighted by molar-refractivity contribution is 5.81. The summed E-state index contributed by atoms with van der Waals surface area (Å²) in [4.78, 5) is 0. The van der Waals surface area contributed by atoms with Crippen molar-refractivity contribution in [2.45, 2.75) is 70.6 Å². The summed E-state index contributed by atoms with van der Waals surface area (Å²) in [6.45, 7) is 4.51. The van der Waals surface area contributed by atoms with Crippen LogP contribution in [0.5, 0.6) is 0 Å². The van der Waals surface area contributed by atoms with Gasteiger partial charge in [0.05, 0.1) is 0 Å². The minimum atomic E-state index is 0.0641. The highest BCUT2D eigenvalue weighted by Crippen LogP contribution is 2.54. The summed E-state index contributed by atoms with van der Waals surface area (Å²) in [5.74, 6) is 0. The van der Waals surface area contributed by atoms with Gasteiger partial charge in [-0.1, -0.05) is 83.9 Å². The van der Waals surface area contributed by atoms with Crippen molar-refractivity contribution in [1.29, 1.82) is 0 Å². The van der Waals surface area contributed by atoms with Crippen molar-refractivity contribution < 1.29 is 0 Å². The van der Waals surface area contributed by atoms with Crippen molar-refractivity contribution in [2.24, 2.45) is 0 Å². The van der Waals surface area contributed by atoms with E-state index in [1.165, 1.54) is 71.9 Å². The van der Waals surface area contributed by atoms with Crippen LogP contribution in [0.3, 0.4) is 0 Å². The first-order valence-electron chi connectivity index (χ1n) is 13.5. The van der Waals surface area contributed by atoms with Crippen LogP contribution in [-0.4, -0.2) is 0 Å². The normalized spacial score (nSPS) is 15.9. The topological polar surface area (TPSA) is 0 Å². The third-order valence-electron chi connectivity index (χ3n) is 9.22. The molecular formula is C35H34. The van der Waals surface area contributed by atoms with Crippen molar-refractivity contribution in [1.82, 2.24) is 0 Å². The fourth-order valence-electron chi connectivity index (χ4n) is 6.91. The monoisotopic (exact) mass is 454 g/mol. The maximum atomic E-state index is 2.50. The minimum absolute atomic E-state index is 0.0641. The van der Waals surface area contributed by atoms with Crippen LogP contribution < -0.4 is 0 Å². The van der Waals surface area contributed by atoms with Crippen LogP contribution in [0.1, 0.15) is 68.5 Å². The first-order chi connectivity index (χ1) is 17.1. The fourth-order valence-corrected chi connectivity index (χ4v) is 6.91. The van der Waals surface area contributed by atoms with E-state index in [1.807, 2.05) is 0 Å². The number of hydrogen-bond acceptors (Lipinski definition) is 0. The number of aryl methyl sites for hydroxylation is 8. The van der Waals surface area contributed by atoms with Gasteiger partial charge >= 0.3 is 0 Å². The Hall–Kier alpha value is -3.12. The molecule has 0 aromatic heterocycles. The Labute approximate surface area is 210 Å². The number of hydrogen-bond donors (Lipinski definition) is 0. The van der Waals surface area contributed by atoms with E-state index in [2.05, 4.69) is 86.6 Å². The Morgan fingerprint density at radius 3 is 1.37 bits per heavy atom. The van der Waals surface area contributed by atoms with E-state index >= 15 is 0 Å². The zero-order chi connectivity index (χ0) is 23.6. The summed E-state index contributed by atoms with van der Waals surface area (Å²) in [6, 6.07) is 28.9. The molecule has 0 spiro atoms. The molecule has 0 heteroatoms. The average molecular weight is 455 g/mol. The van der Waals surface area contributed by atoms with Gasteiger partial charge in [0.25, 0.3) is 0 Å². The van der Waals surface area contributed by atoms with Crippen LogP contribution in [-0.2, 0) is 43.9 Å². The van der Waals surface area contributed by atoms with E-state index in [0.29, 0.717) is 0 Å². The van der Waals surface area contributed by atoms with Gasteiger partial charge in [-0.25, -0.2) is 0 Å². The Bertz CT molecular complexity index is 1350. The molecule has 0 heterocycles. The summed E-state index contributed by atoms with van der Waals surface area (Å²) in [6.07, 6.45) is 9.66. The van der Waals surface area contributed by atoms with Gasteiger partial charge in [-0.2, -0.15) is 0 Å². The van der Waals surface area contributed by atoms with Crippen molar-refractivity contribution in [3.05, 3.63) is 128 Å². The lowest BCUT2D eigenvalue weighted by Gasteiger charge is -2.34. The van der Waals surface area contributed by atoms with Gasteiger partial charge in [-0.3, -0.25) is 0 Å². The lowest BCUT2D eigenvalue weighted by molar-refractivity contribution is 0.445. The molecule has 4 aromatic carbocycles. The standard InChI is InChI=1S/C35H34/c1-23-3-13-31-32-14-4-24(2)20-34(32)35(33(31)19-23,17-15-25-5-7-27-9-11-29(27)21-25)18-16-26-6-8-28-10-12-30(28)22-26/h3-8,13-14,19-22H,9-12,15-18H2,1-2H3. The molecule has 4 aromatic rings. The van der Waals surface area contributed by atoms with Crippen molar-refractivity contribution in [2.75, 3.05) is 0 Å². The summed E-state index contributed by atoms with van der Waals surface area (Å²) >= 11 is 0. The molecule has 3 aliphatic carbocycles. The van der Waals surface area contributed by atoms with E-state index in [1.54, 1.807) is 33.4 Å². The smallest absolute Gasteiger partial charge is 0.0221 e. The van der Waals surface area contributed by atoms with E-state index in [-0.39, 0.29) is 5.41 Å². The molecule has 0 saturated carbocycles. The second-order valence-corrected chi connectivity index (χ2v) is 11.4. The Balaban J connectivity index is 1.31. The first kappa shape index (κ1) is 21.2. The van der Waals surface area contributed by atoms with Crippen molar-refractivity contribution in [3.8, 4) is 11.1 Å². The second kappa shape index (κ2) is 7.95. The fraction of sp³-hybridized carbons (Fsp3) is 0.314. The number of fused-ring (bicyclic) bond motifs is 5. The average Bonchev–Trinajstić information content (AvgIpc) is 3.07. The predicted octanol–water partition coefficient (Wildman–Crippen LogP) is 8.03. The van der Waals surface area contributed by atoms with Crippen LogP contribution in [0.15, 0.2) is 72.8 Å². The zero-order valence-corrected chi connectivity index (χ0v) is 21.1. The van der Waals surface area contributed by atoms with Crippen LogP contribution in [0.25, 0.3) is 11.1 Å². The molecule has 0 nitrogen and oxygen atoms in total. The lowest BCUT2D eigenvalue weighted by atomic mass is 9.69. The highest BCUT2D eigenvalue weighted by Gasteiger charge is 2.42. The highest BCUT2D eigenvalue weighted by atomic mass is 14.5. The predicted molar refractivity (Wildman–Crippen MR) is 146 cm³/mol. The maximum Gasteiger partial charge on any atom is 0.0221 e. The van der Waals surface area contributed by atoms with Gasteiger partial charge in [0.1, 0.15) is 0 Å². The van der Waals surface area contributed by atoms with Crippen molar-refractivity contribution in [3.63, 3.8) is 0 Å². The van der Waals surface area contributed by atoms with Crippen LogP contribution in [0.2, 0.25) is 0 Å². The van der Waals surface area contributed by atoms with Crippen LogP contribution in [0.4, 0.5) is 0 Å². The quantitative estimate of drug-likeness (QED) is 0.277. The van der Waals surface area contributed by atoms with Crippen LogP contribution in [0, 0.1) is 13.8 Å². The molecule has 3 aliphatic rings. The maximum absolute atomic E-state index is 2.50. The SMILES string of the molecule is Cc1ccc2c(c1)C(CCc1ccc3c(c1)CC3)(CCc1ccc3c(c1)CC3)c1cc(C)ccc1-2. The first-order valence-corrected chi connectivity index (χ1v) is 13.5. The molecule has 0 N–H and O–H groups in total. The molecule has 174 valence electrons. The minimum Gasteiger partial charge on any atom is -0.0588 e. The zero-order valence-electron chi connectivity index (χ0n) is 21.1. The van der Waals surface area contributed by atoms with Crippen LogP contribution >= 0.6 is 0 Å². The number of rotatable bonds is 6. The molecular weight excluding hydrogens is 420 g/mol. The van der Waals surface area contributed by atoms with E-state index in [9.17, 15) is 0 Å². The summed E-state index contributed by atoms with van der Waals surface area (Å²) < 4.78 is 0. The molecule has 0 atom stereocenters. The van der Waals surface area contributed by atoms with Gasteiger partial charge < -0.3 is 0 Å². The van der Waals surface area contributed by atoms with Gasteiger partial charge in [0.2, 0.25) is 0 Å². The third kappa shape index (κ3) is 3.41. The molecule has 0 radical (unpaired) electrons. The third-order valence-corrected chi connectivity index (χ3v) is 9.22. The molecule has 0 unspecified atom stereocenters. The molecule has 0 fully saturated rings. The Morgan fingerprint density at radius 1 is 0.514 bits per heavy atom. The van der Waals surface area contributed by atoms with Gasteiger partial charge in [-0.15, -0.1) is 0 Å². The van der Waals surface area contributed by atoms with Crippen molar-refractivity contribution >= 4 is 0 Å². The summed E-state index contributed by atoms with van der Waals surface area (Å²) in [7, 11) is 0. The molecule has 0 amide bonds. The largest absolute Gasteiger partial charge is 0.0588 e. The summed E-state index contributed by atoms with van der Waals surface area (Å²) in [5, 5.41) is 0. The Kier molecular flexibility index (Phi) is 4.81. The Morgan fingerprint density at radius 2 is 0.971 bits per heavy atom. The molecule has 0 saturated heterocycles. The molecule has 0 bridgehead atoms.